The second-order valence-corrected chi connectivity index (χ2v) is 5.78. The first-order valence-corrected chi connectivity index (χ1v) is 7.92. The molecule has 0 bridgehead atoms. The number of benzene rings is 2. The number of aromatic nitrogens is 2. The summed E-state index contributed by atoms with van der Waals surface area (Å²) in [6, 6.07) is 8.92. The van der Waals surface area contributed by atoms with Gasteiger partial charge in [-0.05, 0) is 37.3 Å². The normalized spacial score (nSPS) is 12.1. The SMILES string of the molecule is Cc1cnc(Nc2ccc(F)cc2F)nc1Nc1ccc2c(c1)NCO2. The molecule has 8 heteroatoms. The van der Waals surface area contributed by atoms with E-state index in [1.165, 1.54) is 12.1 Å². The maximum Gasteiger partial charge on any atom is 0.229 e. The summed E-state index contributed by atoms with van der Waals surface area (Å²) in [7, 11) is 0. The highest BCUT2D eigenvalue weighted by Crippen LogP contribution is 2.33. The Labute approximate surface area is 148 Å². The van der Waals surface area contributed by atoms with Gasteiger partial charge in [0.2, 0.25) is 5.95 Å². The Morgan fingerprint density at radius 3 is 2.85 bits per heavy atom. The molecule has 2 aromatic carbocycles. The lowest BCUT2D eigenvalue weighted by Crippen LogP contribution is -2.04. The summed E-state index contributed by atoms with van der Waals surface area (Å²) in [6.07, 6.45) is 1.62. The minimum atomic E-state index is -0.714. The van der Waals surface area contributed by atoms with Crippen LogP contribution in [0, 0.1) is 18.6 Å². The van der Waals surface area contributed by atoms with Crippen LogP contribution in [0.2, 0.25) is 0 Å². The van der Waals surface area contributed by atoms with Crippen LogP contribution in [0.5, 0.6) is 5.75 Å². The molecule has 0 fully saturated rings. The molecule has 4 rings (SSSR count). The molecule has 2 heterocycles. The smallest absolute Gasteiger partial charge is 0.229 e. The monoisotopic (exact) mass is 355 g/mol. The van der Waals surface area contributed by atoms with Gasteiger partial charge in [0.25, 0.3) is 0 Å². The fourth-order valence-electron chi connectivity index (χ4n) is 2.54. The first kappa shape index (κ1) is 16.1. The Kier molecular flexibility index (Phi) is 4.00. The summed E-state index contributed by atoms with van der Waals surface area (Å²) < 4.78 is 32.2. The van der Waals surface area contributed by atoms with Crippen molar-refractivity contribution in [1.29, 1.82) is 0 Å². The van der Waals surface area contributed by atoms with Crippen LogP contribution in [0.4, 0.5) is 37.6 Å². The summed E-state index contributed by atoms with van der Waals surface area (Å²) in [6.45, 7) is 2.31. The summed E-state index contributed by atoms with van der Waals surface area (Å²) in [5.74, 6) is 0.210. The number of nitrogens with zero attached hydrogens (tertiary/aromatic N) is 2. The lowest BCUT2D eigenvalue weighted by molar-refractivity contribution is 0.372. The molecule has 0 radical (unpaired) electrons. The molecular formula is C18H15F2N5O. The molecule has 1 aliphatic heterocycles. The topological polar surface area (TPSA) is 71.1 Å². The van der Waals surface area contributed by atoms with Crippen LogP contribution < -0.4 is 20.7 Å². The fourth-order valence-corrected chi connectivity index (χ4v) is 2.54. The number of hydrogen-bond acceptors (Lipinski definition) is 6. The largest absolute Gasteiger partial charge is 0.471 e. The summed E-state index contributed by atoms with van der Waals surface area (Å²) in [5, 5.41) is 9.09. The molecule has 3 aromatic rings. The van der Waals surface area contributed by atoms with Crippen LogP contribution in [0.15, 0.2) is 42.6 Å². The van der Waals surface area contributed by atoms with E-state index in [9.17, 15) is 8.78 Å². The average Bonchev–Trinajstić information content (AvgIpc) is 3.08. The van der Waals surface area contributed by atoms with Gasteiger partial charge in [-0.15, -0.1) is 0 Å². The Balaban J connectivity index is 1.58. The minimum Gasteiger partial charge on any atom is -0.471 e. The van der Waals surface area contributed by atoms with E-state index in [0.717, 1.165) is 28.8 Å². The van der Waals surface area contributed by atoms with Crippen molar-refractivity contribution in [3.8, 4) is 5.75 Å². The molecule has 3 N–H and O–H groups in total. The van der Waals surface area contributed by atoms with Crippen molar-refractivity contribution in [1.82, 2.24) is 9.97 Å². The van der Waals surface area contributed by atoms with Gasteiger partial charge in [0.15, 0.2) is 6.73 Å². The zero-order valence-corrected chi connectivity index (χ0v) is 13.8. The van der Waals surface area contributed by atoms with Crippen molar-refractivity contribution < 1.29 is 13.5 Å². The van der Waals surface area contributed by atoms with Crippen molar-refractivity contribution in [2.75, 3.05) is 22.7 Å². The van der Waals surface area contributed by atoms with Crippen LogP contribution in [0.1, 0.15) is 5.56 Å². The second kappa shape index (κ2) is 6.47. The van der Waals surface area contributed by atoms with Gasteiger partial charge < -0.3 is 20.7 Å². The van der Waals surface area contributed by atoms with Crippen LogP contribution in [0.25, 0.3) is 0 Å². The highest BCUT2D eigenvalue weighted by atomic mass is 19.1. The van der Waals surface area contributed by atoms with Crippen molar-refractivity contribution in [2.45, 2.75) is 6.92 Å². The molecule has 0 saturated carbocycles. The van der Waals surface area contributed by atoms with Crippen molar-refractivity contribution in [3.05, 3.63) is 59.8 Å². The predicted molar refractivity (Wildman–Crippen MR) is 95.3 cm³/mol. The van der Waals surface area contributed by atoms with Gasteiger partial charge in [0.1, 0.15) is 23.2 Å². The third-order valence-electron chi connectivity index (χ3n) is 3.88. The summed E-state index contributed by atoms with van der Waals surface area (Å²) >= 11 is 0. The molecular weight excluding hydrogens is 340 g/mol. The van der Waals surface area contributed by atoms with Gasteiger partial charge >= 0.3 is 0 Å². The van der Waals surface area contributed by atoms with E-state index in [2.05, 4.69) is 25.9 Å². The van der Waals surface area contributed by atoms with Crippen LogP contribution in [0.3, 0.4) is 0 Å². The first-order valence-electron chi connectivity index (χ1n) is 7.92. The van der Waals surface area contributed by atoms with Gasteiger partial charge in [-0.25, -0.2) is 13.8 Å². The summed E-state index contributed by atoms with van der Waals surface area (Å²) in [4.78, 5) is 8.52. The number of hydrogen-bond donors (Lipinski definition) is 3. The molecule has 0 spiro atoms. The molecule has 1 aliphatic rings. The zero-order chi connectivity index (χ0) is 18.1. The first-order chi connectivity index (χ1) is 12.6. The molecule has 1 aromatic heterocycles. The standard InChI is InChI=1S/C18H15F2N5O/c1-10-8-21-18(24-14-4-2-11(19)6-13(14)20)25-17(10)23-12-3-5-16-15(7-12)22-9-26-16/h2-8,22H,9H2,1H3,(H2,21,23,24,25). The third-order valence-corrected chi connectivity index (χ3v) is 3.88. The average molecular weight is 355 g/mol. The maximum absolute atomic E-state index is 13.8. The van der Waals surface area contributed by atoms with Crippen molar-refractivity contribution >= 4 is 28.8 Å². The molecule has 26 heavy (non-hydrogen) atoms. The fraction of sp³-hybridized carbons (Fsp3) is 0.111. The van der Waals surface area contributed by atoms with E-state index < -0.39 is 11.6 Å². The third kappa shape index (κ3) is 3.21. The summed E-state index contributed by atoms with van der Waals surface area (Å²) in [5.41, 5.74) is 2.64. The highest BCUT2D eigenvalue weighted by molar-refractivity contribution is 5.70. The number of fused-ring (bicyclic) bond motifs is 1. The van der Waals surface area contributed by atoms with Crippen LogP contribution in [-0.2, 0) is 0 Å². The van der Waals surface area contributed by atoms with Gasteiger partial charge in [0, 0.05) is 23.5 Å². The molecule has 0 atom stereocenters. The Hall–Kier alpha value is -3.42. The number of nitrogens with one attached hydrogen (secondary N) is 3. The van der Waals surface area contributed by atoms with E-state index >= 15 is 0 Å². The Bertz CT molecular complexity index is 980. The van der Waals surface area contributed by atoms with Gasteiger partial charge in [-0.1, -0.05) is 0 Å². The molecule has 0 aliphatic carbocycles. The van der Waals surface area contributed by atoms with Gasteiger partial charge in [-0.2, -0.15) is 4.98 Å². The van der Waals surface area contributed by atoms with E-state index in [-0.39, 0.29) is 11.6 Å². The van der Waals surface area contributed by atoms with E-state index in [1.54, 1.807) is 6.20 Å². The second-order valence-electron chi connectivity index (χ2n) is 5.78. The van der Waals surface area contributed by atoms with Crippen molar-refractivity contribution in [3.63, 3.8) is 0 Å². The highest BCUT2D eigenvalue weighted by Gasteiger charge is 2.12. The van der Waals surface area contributed by atoms with Crippen molar-refractivity contribution in [2.24, 2.45) is 0 Å². The van der Waals surface area contributed by atoms with Gasteiger partial charge in [0.05, 0.1) is 11.4 Å². The van der Waals surface area contributed by atoms with E-state index in [1.807, 2.05) is 25.1 Å². The Morgan fingerprint density at radius 1 is 1.12 bits per heavy atom. The predicted octanol–water partition coefficient (Wildman–Crippen LogP) is 4.31. The Morgan fingerprint density at radius 2 is 2.00 bits per heavy atom. The number of anilines is 5. The lowest BCUT2D eigenvalue weighted by Gasteiger charge is -2.12. The quantitative estimate of drug-likeness (QED) is 0.648. The lowest BCUT2D eigenvalue weighted by atomic mass is 10.2. The van der Waals surface area contributed by atoms with Crippen LogP contribution in [-0.4, -0.2) is 16.7 Å². The van der Waals surface area contributed by atoms with E-state index in [4.69, 9.17) is 4.74 Å². The number of aryl methyl sites for hydroxylation is 1. The van der Waals surface area contributed by atoms with Gasteiger partial charge in [-0.3, -0.25) is 0 Å². The minimum absolute atomic E-state index is 0.0973. The molecule has 0 amide bonds. The molecule has 0 unspecified atom stereocenters. The number of rotatable bonds is 4. The molecule has 6 nitrogen and oxygen atoms in total. The number of ether oxygens (including phenoxy) is 1. The molecule has 0 saturated heterocycles. The zero-order valence-electron chi connectivity index (χ0n) is 13.8. The maximum atomic E-state index is 13.8. The van der Waals surface area contributed by atoms with Crippen LogP contribution >= 0.6 is 0 Å². The number of halogens is 2. The molecule has 132 valence electrons. The van der Waals surface area contributed by atoms with E-state index in [0.29, 0.717) is 12.5 Å².